The van der Waals surface area contributed by atoms with Crippen molar-refractivity contribution in [2.24, 2.45) is 4.99 Å². The van der Waals surface area contributed by atoms with E-state index in [9.17, 15) is 0 Å². The van der Waals surface area contributed by atoms with Crippen molar-refractivity contribution >= 4 is 28.3 Å². The minimum absolute atomic E-state index is 1.09. The fourth-order valence-corrected chi connectivity index (χ4v) is 3.11. The third-order valence-corrected chi connectivity index (χ3v) is 4.63. The fourth-order valence-electron chi connectivity index (χ4n) is 2.66. The van der Waals surface area contributed by atoms with E-state index >= 15 is 0 Å². The minimum Gasteiger partial charge on any atom is -0.253 e. The molecule has 3 aliphatic rings. The van der Waals surface area contributed by atoms with E-state index in [0.29, 0.717) is 0 Å². The van der Waals surface area contributed by atoms with Crippen molar-refractivity contribution in [1.29, 1.82) is 0 Å². The average Bonchev–Trinajstić information content (AvgIpc) is 2.49. The van der Waals surface area contributed by atoms with E-state index < -0.39 is 0 Å². The Balaban J connectivity index is 1.84. The molecule has 0 aromatic heterocycles. The highest BCUT2D eigenvalue weighted by molar-refractivity contribution is 14.1. The van der Waals surface area contributed by atoms with Crippen LogP contribution in [0, 0.1) is 0 Å². The Morgan fingerprint density at radius 3 is 2.63 bits per heavy atom. The molecule has 1 heterocycles. The van der Waals surface area contributed by atoms with E-state index in [1.807, 2.05) is 0 Å². The first kappa shape index (κ1) is 13.1. The molecule has 0 unspecified atom stereocenters. The molecule has 2 heteroatoms. The van der Waals surface area contributed by atoms with Gasteiger partial charge >= 0.3 is 0 Å². The van der Waals surface area contributed by atoms with Gasteiger partial charge in [-0.25, -0.2) is 0 Å². The Morgan fingerprint density at radius 1 is 0.947 bits per heavy atom. The van der Waals surface area contributed by atoms with Crippen LogP contribution in [0.2, 0.25) is 0 Å². The summed E-state index contributed by atoms with van der Waals surface area (Å²) in [4.78, 5) is 4.91. The predicted molar refractivity (Wildman–Crippen MR) is 90.6 cm³/mol. The zero-order valence-electron chi connectivity index (χ0n) is 11.0. The van der Waals surface area contributed by atoms with Gasteiger partial charge in [0.1, 0.15) is 0 Å². The van der Waals surface area contributed by atoms with Gasteiger partial charge in [0.15, 0.2) is 0 Å². The molecular weight excluding hydrogens is 345 g/mol. The summed E-state index contributed by atoms with van der Waals surface area (Å²) in [6, 6.07) is 0. The summed E-state index contributed by atoms with van der Waals surface area (Å²) in [7, 11) is 0. The maximum atomic E-state index is 4.91. The molecule has 0 fully saturated rings. The standard InChI is InChI=1S/C17H18IN/c18-15-11-9-14(10-12-15)17-8-4-7-16(19-17)13-5-2-1-3-6-13/h2,5-7,9,11H,1,3-4,8,10,12H2. The van der Waals surface area contributed by atoms with Crippen LogP contribution in [0.25, 0.3) is 0 Å². The Labute approximate surface area is 128 Å². The average molecular weight is 363 g/mol. The summed E-state index contributed by atoms with van der Waals surface area (Å²) < 4.78 is 1.45. The molecule has 0 saturated carbocycles. The van der Waals surface area contributed by atoms with Crippen LogP contribution < -0.4 is 0 Å². The molecule has 0 amide bonds. The lowest BCUT2D eigenvalue weighted by atomic mass is 9.94. The monoisotopic (exact) mass is 363 g/mol. The van der Waals surface area contributed by atoms with Crippen molar-refractivity contribution in [3.05, 3.63) is 56.9 Å². The van der Waals surface area contributed by atoms with Crippen LogP contribution in [-0.2, 0) is 0 Å². The SMILES string of the molecule is IC1=CC=C(C2=NC(C3=CCCC=C3)=CCC2)CC1. The molecule has 2 aliphatic carbocycles. The van der Waals surface area contributed by atoms with Gasteiger partial charge in [0.05, 0.1) is 5.70 Å². The third-order valence-electron chi connectivity index (χ3n) is 3.73. The first-order valence-electron chi connectivity index (χ1n) is 7.03. The van der Waals surface area contributed by atoms with Crippen LogP contribution >= 0.6 is 22.6 Å². The summed E-state index contributed by atoms with van der Waals surface area (Å²) in [5.41, 5.74) is 5.23. The molecule has 0 saturated heterocycles. The second-order valence-corrected chi connectivity index (χ2v) is 6.52. The van der Waals surface area contributed by atoms with E-state index in [2.05, 4.69) is 59.0 Å². The zero-order valence-corrected chi connectivity index (χ0v) is 13.2. The lowest BCUT2D eigenvalue weighted by molar-refractivity contribution is 0.951. The summed E-state index contributed by atoms with van der Waals surface area (Å²) in [6.07, 6.45) is 20.4. The molecule has 1 nitrogen and oxygen atoms in total. The van der Waals surface area contributed by atoms with Crippen LogP contribution in [0.4, 0.5) is 0 Å². The summed E-state index contributed by atoms with van der Waals surface area (Å²) >= 11 is 2.42. The van der Waals surface area contributed by atoms with Crippen molar-refractivity contribution in [2.45, 2.75) is 38.5 Å². The van der Waals surface area contributed by atoms with Gasteiger partial charge < -0.3 is 0 Å². The van der Waals surface area contributed by atoms with Crippen molar-refractivity contribution < 1.29 is 0 Å². The molecule has 0 spiro atoms. The summed E-state index contributed by atoms with van der Waals surface area (Å²) in [6.45, 7) is 0. The van der Waals surface area contributed by atoms with Crippen LogP contribution in [0.3, 0.4) is 0 Å². The molecule has 19 heavy (non-hydrogen) atoms. The maximum absolute atomic E-state index is 4.91. The Hall–Kier alpha value is -0.900. The molecule has 0 N–H and O–H groups in total. The Kier molecular flexibility index (Phi) is 4.16. The van der Waals surface area contributed by atoms with Crippen LogP contribution in [0.1, 0.15) is 38.5 Å². The van der Waals surface area contributed by atoms with Gasteiger partial charge in [-0.3, -0.25) is 4.99 Å². The number of aliphatic imine (C=N–C) groups is 1. The molecule has 0 bridgehead atoms. The van der Waals surface area contributed by atoms with E-state index in [4.69, 9.17) is 4.99 Å². The topological polar surface area (TPSA) is 12.4 Å². The van der Waals surface area contributed by atoms with Gasteiger partial charge in [0.2, 0.25) is 0 Å². The van der Waals surface area contributed by atoms with E-state index in [1.165, 1.54) is 39.0 Å². The highest BCUT2D eigenvalue weighted by atomic mass is 127. The fraction of sp³-hybridized carbons (Fsp3) is 0.353. The van der Waals surface area contributed by atoms with Gasteiger partial charge in [-0.05, 0) is 75.8 Å². The number of nitrogens with zero attached hydrogens (tertiary/aromatic N) is 1. The predicted octanol–water partition coefficient (Wildman–Crippen LogP) is 5.42. The van der Waals surface area contributed by atoms with Crippen molar-refractivity contribution in [1.82, 2.24) is 0 Å². The second-order valence-electron chi connectivity index (χ2n) is 5.13. The first-order chi connectivity index (χ1) is 9.33. The molecule has 98 valence electrons. The van der Waals surface area contributed by atoms with E-state index in [0.717, 1.165) is 25.7 Å². The van der Waals surface area contributed by atoms with Gasteiger partial charge in [0.25, 0.3) is 0 Å². The van der Waals surface area contributed by atoms with Crippen LogP contribution in [0.15, 0.2) is 61.9 Å². The summed E-state index contributed by atoms with van der Waals surface area (Å²) in [5, 5.41) is 0. The van der Waals surface area contributed by atoms with Crippen molar-refractivity contribution in [3.8, 4) is 0 Å². The molecule has 3 rings (SSSR count). The second kappa shape index (κ2) is 6.04. The lowest BCUT2D eigenvalue weighted by Gasteiger charge is -2.19. The number of hydrogen-bond donors (Lipinski definition) is 0. The highest BCUT2D eigenvalue weighted by Crippen LogP contribution is 2.29. The van der Waals surface area contributed by atoms with E-state index in [-0.39, 0.29) is 0 Å². The first-order valence-corrected chi connectivity index (χ1v) is 8.11. The molecule has 1 aliphatic heterocycles. The quantitative estimate of drug-likeness (QED) is 0.581. The third kappa shape index (κ3) is 3.16. The largest absolute Gasteiger partial charge is 0.253 e. The van der Waals surface area contributed by atoms with E-state index in [1.54, 1.807) is 0 Å². The molecule has 0 atom stereocenters. The Morgan fingerprint density at radius 2 is 1.89 bits per heavy atom. The van der Waals surface area contributed by atoms with Gasteiger partial charge in [0, 0.05) is 5.71 Å². The van der Waals surface area contributed by atoms with Gasteiger partial charge in [-0.2, -0.15) is 0 Å². The minimum atomic E-state index is 1.09. The Bertz CT molecular complexity index is 556. The molecule has 0 aromatic carbocycles. The number of rotatable bonds is 2. The van der Waals surface area contributed by atoms with Crippen LogP contribution in [0.5, 0.6) is 0 Å². The lowest BCUT2D eigenvalue weighted by Crippen LogP contribution is -2.09. The normalized spacial score (nSPS) is 23.1. The number of allylic oxidation sites excluding steroid dienone is 8. The molecule has 0 aromatic rings. The van der Waals surface area contributed by atoms with Gasteiger partial charge in [-0.15, -0.1) is 0 Å². The molecule has 0 radical (unpaired) electrons. The van der Waals surface area contributed by atoms with Crippen molar-refractivity contribution in [2.75, 3.05) is 0 Å². The molecular formula is C17H18IN. The zero-order chi connectivity index (χ0) is 13.1. The smallest absolute Gasteiger partial charge is 0.0662 e. The number of hydrogen-bond acceptors (Lipinski definition) is 1. The highest BCUT2D eigenvalue weighted by Gasteiger charge is 2.15. The van der Waals surface area contributed by atoms with Crippen molar-refractivity contribution in [3.63, 3.8) is 0 Å². The summed E-state index contributed by atoms with van der Waals surface area (Å²) in [5.74, 6) is 0. The number of halogens is 1. The van der Waals surface area contributed by atoms with Crippen LogP contribution in [-0.4, -0.2) is 5.71 Å². The maximum Gasteiger partial charge on any atom is 0.0662 e. The van der Waals surface area contributed by atoms with Gasteiger partial charge in [-0.1, -0.05) is 36.5 Å².